The molecule has 14 aromatic carbocycles. The minimum absolute atomic E-state index is 0.0982. The van der Waals surface area contributed by atoms with E-state index < -0.39 is 12.8 Å². The standard InChI is InChI=1S/C104H95BN4/c1-100(2,3)76-46-42-69(43-47-76)75-61-95-97-96(62-75)109(92-41-29-39-84-83-38-28-40-91(98(83)107(99(84)92)81-36-26-19-27-37-81)108-89-52-48-77(101(4,5)6)64-85(89)86-65-78(102(7,8)9)49-53-90(86)108)94-59-70(66-30-20-16-21-31-66)44-50-88(94)105(97)87-51-45-71(74-55-79(103(10,11)12)63-80(56-74)104(13,14)15)60-93(87)106(95)82-57-72(67-32-22-17-23-33-67)54-73(58-82)68-34-24-18-25-35-68/h16-65H,1-15H3/i16D,20D,21D,30D,31D. The summed E-state index contributed by atoms with van der Waals surface area (Å²) in [6.07, 6.45) is 0. The summed E-state index contributed by atoms with van der Waals surface area (Å²) >= 11 is 0. The van der Waals surface area contributed by atoms with Gasteiger partial charge in [-0.05, 0) is 218 Å². The first-order chi connectivity index (χ1) is 54.3. The zero-order valence-electron chi connectivity index (χ0n) is 70.3. The van der Waals surface area contributed by atoms with E-state index in [0.717, 1.165) is 139 Å². The predicted molar refractivity (Wildman–Crippen MR) is 470 cm³/mol. The fraction of sp³-hybridized carbons (Fsp3) is 0.192. The van der Waals surface area contributed by atoms with E-state index in [1.54, 1.807) is 0 Å². The molecule has 4 nitrogen and oxygen atoms in total. The van der Waals surface area contributed by atoms with Gasteiger partial charge in [0.2, 0.25) is 0 Å². The SMILES string of the molecule is [2H]c1c([2H])c([2H])c(-c2ccc3c(c2)N(c2cccc4c5cccc(-n6c7ccc(C(C)(C)C)cc7c7cc(C(C)(C)C)ccc76)c5n(-c5ccccc5)c24)c2cc(-c4ccc(C(C)(C)C)cc4)cc4c2B3c2ccc(-c3cc(C(C)(C)C)cc(C(C)(C)C)c3)cc2N4c2cc(-c3ccccc3)cc(-c3ccccc3)c2)c([2H])c1[2H]. The van der Waals surface area contributed by atoms with Crippen molar-refractivity contribution in [2.45, 2.75) is 131 Å². The van der Waals surface area contributed by atoms with Crippen molar-refractivity contribution in [3.8, 4) is 67.0 Å². The van der Waals surface area contributed by atoms with Crippen molar-refractivity contribution in [1.29, 1.82) is 0 Å². The zero-order valence-corrected chi connectivity index (χ0v) is 65.3. The number of nitrogens with zero attached hydrogens (tertiary/aromatic N) is 4. The van der Waals surface area contributed by atoms with Crippen LogP contribution in [-0.2, 0) is 27.1 Å². The highest BCUT2D eigenvalue weighted by Gasteiger charge is 2.45. The number of aromatic nitrogens is 2. The molecule has 2 aliphatic rings. The van der Waals surface area contributed by atoms with E-state index in [1.165, 1.54) is 38.6 Å². The van der Waals surface area contributed by atoms with Crippen LogP contribution in [0.2, 0.25) is 0 Å². The Morgan fingerprint density at radius 2 is 0.661 bits per heavy atom. The van der Waals surface area contributed by atoms with E-state index in [4.69, 9.17) is 1.37 Å². The predicted octanol–water partition coefficient (Wildman–Crippen LogP) is 26.8. The van der Waals surface area contributed by atoms with Crippen LogP contribution in [0.4, 0.5) is 34.1 Å². The van der Waals surface area contributed by atoms with Gasteiger partial charge in [-0.2, -0.15) is 0 Å². The van der Waals surface area contributed by atoms with Crippen LogP contribution in [0.25, 0.3) is 111 Å². The average Bonchev–Trinajstić information content (AvgIpc) is 1.17. The smallest absolute Gasteiger partial charge is 0.252 e. The highest BCUT2D eigenvalue weighted by atomic mass is 15.2. The molecule has 0 saturated heterocycles. The number of fused-ring (bicyclic) bond motifs is 10. The van der Waals surface area contributed by atoms with Gasteiger partial charge in [0.05, 0.1) is 40.3 Å². The van der Waals surface area contributed by atoms with E-state index >= 15 is 0 Å². The van der Waals surface area contributed by atoms with Crippen LogP contribution in [0.15, 0.2) is 303 Å². The molecule has 0 bridgehead atoms. The molecule has 16 aromatic rings. The van der Waals surface area contributed by atoms with Gasteiger partial charge in [0.15, 0.2) is 0 Å². The molecule has 0 radical (unpaired) electrons. The summed E-state index contributed by atoms with van der Waals surface area (Å²) in [6, 6.07) is 100. The van der Waals surface area contributed by atoms with Crippen LogP contribution in [0, 0.1) is 0 Å². The molecular weight excluding hydrogens is 1320 g/mol. The van der Waals surface area contributed by atoms with Gasteiger partial charge in [0, 0.05) is 55.7 Å². The Kier molecular flexibility index (Phi) is 14.8. The van der Waals surface area contributed by atoms with Crippen LogP contribution in [0.3, 0.4) is 0 Å². The van der Waals surface area contributed by atoms with E-state index in [2.05, 4.69) is 390 Å². The first-order valence-electron chi connectivity index (χ1n) is 41.2. The third-order valence-electron chi connectivity index (χ3n) is 23.1. The van der Waals surface area contributed by atoms with Crippen LogP contribution in [0.5, 0.6) is 0 Å². The molecule has 0 spiro atoms. The maximum Gasteiger partial charge on any atom is 0.252 e. The highest BCUT2D eigenvalue weighted by molar-refractivity contribution is 7.00. The van der Waals surface area contributed by atoms with Crippen LogP contribution in [-0.4, -0.2) is 15.8 Å². The lowest BCUT2D eigenvalue weighted by Gasteiger charge is -2.45. The molecule has 4 heterocycles. The Balaban J connectivity index is 1.00. The Morgan fingerprint density at radius 1 is 0.248 bits per heavy atom. The molecule has 0 atom stereocenters. The summed E-state index contributed by atoms with van der Waals surface area (Å²) in [5, 5.41) is 4.53. The number of rotatable bonds is 9. The van der Waals surface area contributed by atoms with Crippen molar-refractivity contribution in [2.24, 2.45) is 0 Å². The summed E-state index contributed by atoms with van der Waals surface area (Å²) in [4.78, 5) is 5.04. The third-order valence-corrected chi connectivity index (χ3v) is 23.1. The molecular formula is C104H95BN4. The second-order valence-electron chi connectivity index (χ2n) is 35.5. The van der Waals surface area contributed by atoms with Gasteiger partial charge < -0.3 is 18.9 Å². The van der Waals surface area contributed by atoms with Crippen molar-refractivity contribution in [3.05, 3.63) is 331 Å². The quantitative estimate of drug-likeness (QED) is 0.134. The fourth-order valence-corrected chi connectivity index (χ4v) is 17.1. The topological polar surface area (TPSA) is 16.3 Å². The highest BCUT2D eigenvalue weighted by Crippen LogP contribution is 2.53. The monoisotopic (exact) mass is 1420 g/mol. The Labute approximate surface area is 651 Å². The van der Waals surface area contributed by atoms with Gasteiger partial charge in [-0.25, -0.2) is 0 Å². The molecule has 0 aliphatic carbocycles. The molecule has 18 rings (SSSR count). The summed E-state index contributed by atoms with van der Waals surface area (Å²) in [6.45, 7) is 34.0. The molecule has 0 N–H and O–H groups in total. The molecule has 0 saturated carbocycles. The molecule has 5 heteroatoms. The van der Waals surface area contributed by atoms with Gasteiger partial charge in [-0.15, -0.1) is 0 Å². The zero-order chi connectivity index (χ0) is 79.7. The van der Waals surface area contributed by atoms with Gasteiger partial charge >= 0.3 is 0 Å². The molecule has 534 valence electrons. The van der Waals surface area contributed by atoms with Crippen LogP contribution in [0.1, 0.15) is 139 Å². The molecule has 2 aromatic heterocycles. The van der Waals surface area contributed by atoms with Gasteiger partial charge in [0.1, 0.15) is 0 Å². The second-order valence-corrected chi connectivity index (χ2v) is 35.5. The second kappa shape index (κ2) is 25.5. The van der Waals surface area contributed by atoms with Gasteiger partial charge in [-0.1, -0.05) is 316 Å². The van der Waals surface area contributed by atoms with Gasteiger partial charge in [0.25, 0.3) is 6.71 Å². The van der Waals surface area contributed by atoms with E-state index in [1.807, 2.05) is 6.07 Å². The Morgan fingerprint density at radius 3 is 1.17 bits per heavy atom. The number of hydrogen-bond acceptors (Lipinski definition) is 2. The van der Waals surface area contributed by atoms with Gasteiger partial charge in [-0.3, -0.25) is 0 Å². The molecule has 0 unspecified atom stereocenters. The summed E-state index contributed by atoms with van der Waals surface area (Å²) in [7, 11) is 0. The number of para-hydroxylation sites is 3. The van der Waals surface area contributed by atoms with Crippen molar-refractivity contribution >= 4 is 101 Å². The number of hydrogen-bond donors (Lipinski definition) is 0. The summed E-state index contributed by atoms with van der Waals surface area (Å²) < 4.78 is 51.7. The van der Waals surface area contributed by atoms with E-state index in [-0.39, 0.29) is 56.8 Å². The normalized spacial score (nSPS) is 13.9. The van der Waals surface area contributed by atoms with Crippen LogP contribution >= 0.6 is 0 Å². The van der Waals surface area contributed by atoms with Crippen molar-refractivity contribution in [2.75, 3.05) is 9.80 Å². The van der Waals surface area contributed by atoms with Crippen molar-refractivity contribution < 1.29 is 6.85 Å². The lowest BCUT2D eigenvalue weighted by molar-refractivity contribution is 0.569. The number of benzene rings is 14. The average molecular weight is 1420 g/mol. The summed E-state index contributed by atoms with van der Waals surface area (Å²) in [5.74, 6) is 0. The maximum atomic E-state index is 9.71. The third kappa shape index (κ3) is 11.9. The minimum atomic E-state index is -0.435. The lowest BCUT2D eigenvalue weighted by Crippen LogP contribution is -2.61. The summed E-state index contributed by atoms with van der Waals surface area (Å²) in [5.41, 5.74) is 30.1. The van der Waals surface area contributed by atoms with Crippen LogP contribution < -0.4 is 26.2 Å². The lowest BCUT2D eigenvalue weighted by atomic mass is 9.33. The first kappa shape index (κ1) is 63.4. The first-order valence-corrected chi connectivity index (χ1v) is 38.7. The maximum absolute atomic E-state index is 9.71. The Bertz CT molecular complexity index is 6430. The van der Waals surface area contributed by atoms with E-state index in [9.17, 15) is 5.48 Å². The Hall–Kier alpha value is -11.7. The molecule has 109 heavy (non-hydrogen) atoms. The number of anilines is 6. The molecule has 2 aliphatic heterocycles. The van der Waals surface area contributed by atoms with Crippen molar-refractivity contribution in [1.82, 2.24) is 9.13 Å². The van der Waals surface area contributed by atoms with Crippen molar-refractivity contribution in [3.63, 3.8) is 0 Å². The largest absolute Gasteiger partial charge is 0.311 e. The molecule has 0 fully saturated rings. The molecule has 0 amide bonds. The minimum Gasteiger partial charge on any atom is -0.311 e. The van der Waals surface area contributed by atoms with E-state index in [0.29, 0.717) is 5.56 Å². The fourth-order valence-electron chi connectivity index (χ4n) is 17.1.